The van der Waals surface area contributed by atoms with E-state index in [-0.39, 0.29) is 12.0 Å². The van der Waals surface area contributed by atoms with Gasteiger partial charge < -0.3 is 10.4 Å². The van der Waals surface area contributed by atoms with Crippen LogP contribution in [0.3, 0.4) is 0 Å². The van der Waals surface area contributed by atoms with Crippen LogP contribution in [0.5, 0.6) is 0 Å². The molecule has 0 saturated heterocycles. The second-order valence-electron chi connectivity index (χ2n) is 5.75. The summed E-state index contributed by atoms with van der Waals surface area (Å²) in [6, 6.07) is 4.26. The van der Waals surface area contributed by atoms with Crippen LogP contribution >= 0.6 is 11.3 Å². The molecule has 2 N–H and O–H groups in total. The number of nitrogens with one attached hydrogen (secondary N) is 1. The molecule has 0 atom stereocenters. The Balaban J connectivity index is 1.73. The van der Waals surface area contributed by atoms with Gasteiger partial charge in [-0.25, -0.2) is 0 Å². The lowest BCUT2D eigenvalue weighted by Crippen LogP contribution is -2.20. The normalized spacial score (nSPS) is 12.2. The predicted octanol–water partition coefficient (Wildman–Crippen LogP) is 3.18. The SMILES string of the molecule is CC(C)(CO)CCCNCc1cnc2ccsc2c1. The minimum absolute atomic E-state index is 0.0408. The van der Waals surface area contributed by atoms with Gasteiger partial charge in [-0.3, -0.25) is 4.98 Å². The van der Waals surface area contributed by atoms with Gasteiger partial charge in [-0.05, 0) is 47.9 Å². The molecule has 2 aromatic heterocycles. The smallest absolute Gasteiger partial charge is 0.0809 e. The molecule has 0 aromatic carbocycles. The van der Waals surface area contributed by atoms with Gasteiger partial charge in [-0.15, -0.1) is 11.3 Å². The number of hydrogen-bond donors (Lipinski definition) is 2. The van der Waals surface area contributed by atoms with Crippen molar-refractivity contribution in [2.45, 2.75) is 33.2 Å². The maximum atomic E-state index is 9.18. The van der Waals surface area contributed by atoms with Gasteiger partial charge in [0.05, 0.1) is 10.2 Å². The average molecular weight is 278 g/mol. The molecule has 2 aromatic rings. The Bertz CT molecular complexity index is 522. The zero-order valence-electron chi connectivity index (χ0n) is 11.6. The second-order valence-corrected chi connectivity index (χ2v) is 6.70. The van der Waals surface area contributed by atoms with E-state index in [2.05, 4.69) is 35.6 Å². The van der Waals surface area contributed by atoms with Gasteiger partial charge in [0.25, 0.3) is 0 Å². The minimum Gasteiger partial charge on any atom is -0.396 e. The van der Waals surface area contributed by atoms with E-state index in [0.29, 0.717) is 0 Å². The van der Waals surface area contributed by atoms with E-state index >= 15 is 0 Å². The van der Waals surface area contributed by atoms with Gasteiger partial charge >= 0.3 is 0 Å². The number of aromatic nitrogens is 1. The van der Waals surface area contributed by atoms with E-state index in [1.165, 1.54) is 10.3 Å². The summed E-state index contributed by atoms with van der Waals surface area (Å²) in [5.74, 6) is 0. The highest BCUT2D eigenvalue weighted by molar-refractivity contribution is 7.17. The van der Waals surface area contributed by atoms with Gasteiger partial charge in [0.1, 0.15) is 0 Å². The van der Waals surface area contributed by atoms with Crippen molar-refractivity contribution < 1.29 is 5.11 Å². The Morgan fingerprint density at radius 1 is 1.42 bits per heavy atom. The van der Waals surface area contributed by atoms with Crippen LogP contribution in [-0.4, -0.2) is 23.2 Å². The van der Waals surface area contributed by atoms with E-state index in [1.807, 2.05) is 12.3 Å². The largest absolute Gasteiger partial charge is 0.396 e. The van der Waals surface area contributed by atoms with Crippen LogP contribution in [0, 0.1) is 5.41 Å². The highest BCUT2D eigenvalue weighted by atomic mass is 32.1. The summed E-state index contributed by atoms with van der Waals surface area (Å²) in [7, 11) is 0. The lowest BCUT2D eigenvalue weighted by molar-refractivity contribution is 0.148. The number of aliphatic hydroxyl groups excluding tert-OH is 1. The molecule has 4 heteroatoms. The molecule has 104 valence electrons. The number of thiophene rings is 1. The van der Waals surface area contributed by atoms with Crippen molar-refractivity contribution >= 4 is 21.6 Å². The number of aliphatic hydroxyl groups is 1. The summed E-state index contributed by atoms with van der Waals surface area (Å²) in [6.07, 6.45) is 4.07. The maximum absolute atomic E-state index is 9.18. The number of hydrogen-bond acceptors (Lipinski definition) is 4. The fourth-order valence-electron chi connectivity index (χ4n) is 1.99. The van der Waals surface area contributed by atoms with Crippen molar-refractivity contribution in [3.63, 3.8) is 0 Å². The van der Waals surface area contributed by atoms with Crippen LogP contribution in [0.4, 0.5) is 0 Å². The Labute approximate surface area is 118 Å². The molecule has 0 aliphatic rings. The fourth-order valence-corrected chi connectivity index (χ4v) is 2.79. The summed E-state index contributed by atoms with van der Waals surface area (Å²) in [5, 5.41) is 14.7. The fraction of sp³-hybridized carbons (Fsp3) is 0.533. The summed E-state index contributed by atoms with van der Waals surface area (Å²) < 4.78 is 1.25. The van der Waals surface area contributed by atoms with Crippen LogP contribution < -0.4 is 5.32 Å². The Kier molecular flexibility index (Phi) is 4.91. The summed E-state index contributed by atoms with van der Waals surface area (Å²) >= 11 is 1.73. The predicted molar refractivity (Wildman–Crippen MR) is 81.4 cm³/mol. The Hall–Kier alpha value is -0.970. The number of rotatable bonds is 7. The van der Waals surface area contributed by atoms with Crippen molar-refractivity contribution in [3.8, 4) is 0 Å². The molecule has 0 spiro atoms. The third kappa shape index (κ3) is 4.27. The highest BCUT2D eigenvalue weighted by Crippen LogP contribution is 2.21. The second kappa shape index (κ2) is 6.46. The Morgan fingerprint density at radius 2 is 2.26 bits per heavy atom. The van der Waals surface area contributed by atoms with Crippen LogP contribution in [0.1, 0.15) is 32.3 Å². The molecular formula is C15H22N2OS. The summed E-state index contributed by atoms with van der Waals surface area (Å²) in [6.45, 7) is 6.29. The first-order chi connectivity index (χ1) is 9.11. The number of pyridine rings is 1. The van der Waals surface area contributed by atoms with Gasteiger partial charge in [0.2, 0.25) is 0 Å². The Morgan fingerprint density at radius 3 is 3.05 bits per heavy atom. The molecule has 0 bridgehead atoms. The number of fused-ring (bicyclic) bond motifs is 1. The van der Waals surface area contributed by atoms with Gasteiger partial charge in [-0.1, -0.05) is 13.8 Å². The quantitative estimate of drug-likeness (QED) is 0.765. The first kappa shape index (κ1) is 14.4. The topological polar surface area (TPSA) is 45.1 Å². The van der Waals surface area contributed by atoms with Crippen LogP contribution in [0.15, 0.2) is 23.7 Å². The zero-order chi connectivity index (χ0) is 13.7. The van der Waals surface area contributed by atoms with Crippen molar-refractivity contribution in [2.24, 2.45) is 5.41 Å². The lowest BCUT2D eigenvalue weighted by Gasteiger charge is -2.21. The molecule has 3 nitrogen and oxygen atoms in total. The van der Waals surface area contributed by atoms with E-state index in [0.717, 1.165) is 31.4 Å². The standard InChI is InChI=1S/C15H22N2OS/c1-15(2,11-18)5-3-6-16-9-12-8-14-13(17-10-12)4-7-19-14/h4,7-8,10,16,18H,3,5-6,9,11H2,1-2H3. The molecule has 0 aliphatic heterocycles. The summed E-state index contributed by atoms with van der Waals surface area (Å²) in [4.78, 5) is 4.43. The molecule has 0 radical (unpaired) electrons. The molecular weight excluding hydrogens is 256 g/mol. The van der Waals surface area contributed by atoms with E-state index in [9.17, 15) is 5.11 Å². The third-order valence-corrected chi connectivity index (χ3v) is 4.18. The molecule has 0 fully saturated rings. The van der Waals surface area contributed by atoms with Crippen molar-refractivity contribution in [2.75, 3.05) is 13.2 Å². The van der Waals surface area contributed by atoms with Crippen molar-refractivity contribution in [3.05, 3.63) is 29.3 Å². The maximum Gasteiger partial charge on any atom is 0.0809 e. The molecule has 0 unspecified atom stereocenters. The average Bonchev–Trinajstić information content (AvgIpc) is 2.85. The van der Waals surface area contributed by atoms with E-state index in [1.54, 1.807) is 11.3 Å². The molecule has 2 rings (SSSR count). The molecule has 0 saturated carbocycles. The minimum atomic E-state index is 0.0408. The number of nitrogens with zero attached hydrogens (tertiary/aromatic N) is 1. The third-order valence-electron chi connectivity index (χ3n) is 3.32. The van der Waals surface area contributed by atoms with Crippen molar-refractivity contribution in [1.82, 2.24) is 10.3 Å². The first-order valence-electron chi connectivity index (χ1n) is 6.74. The molecule has 0 aliphatic carbocycles. The van der Waals surface area contributed by atoms with Gasteiger partial charge in [0, 0.05) is 19.3 Å². The van der Waals surface area contributed by atoms with Crippen molar-refractivity contribution in [1.29, 1.82) is 0 Å². The van der Waals surface area contributed by atoms with E-state index in [4.69, 9.17) is 0 Å². The van der Waals surface area contributed by atoms with Crippen LogP contribution in [-0.2, 0) is 6.54 Å². The molecule has 2 heterocycles. The molecule has 19 heavy (non-hydrogen) atoms. The highest BCUT2D eigenvalue weighted by Gasteiger charge is 2.15. The monoisotopic (exact) mass is 278 g/mol. The van der Waals surface area contributed by atoms with Crippen LogP contribution in [0.2, 0.25) is 0 Å². The zero-order valence-corrected chi connectivity index (χ0v) is 12.5. The van der Waals surface area contributed by atoms with Crippen LogP contribution in [0.25, 0.3) is 10.2 Å². The van der Waals surface area contributed by atoms with Gasteiger partial charge in [0.15, 0.2) is 0 Å². The summed E-state index contributed by atoms with van der Waals surface area (Å²) in [5.41, 5.74) is 2.36. The van der Waals surface area contributed by atoms with Gasteiger partial charge in [-0.2, -0.15) is 0 Å². The lowest BCUT2D eigenvalue weighted by atomic mass is 9.89. The molecule has 0 amide bonds. The van der Waals surface area contributed by atoms with E-state index < -0.39 is 0 Å². The first-order valence-corrected chi connectivity index (χ1v) is 7.62.